The highest BCUT2D eigenvalue weighted by Gasteiger charge is 2.32. The first-order valence-corrected chi connectivity index (χ1v) is 4.83. The molecule has 1 heterocycles. The van der Waals surface area contributed by atoms with Crippen LogP contribution in [-0.4, -0.2) is 11.2 Å². The molecule has 0 unspecified atom stereocenters. The highest BCUT2D eigenvalue weighted by molar-refractivity contribution is 8.18. The van der Waals surface area contributed by atoms with Crippen LogP contribution in [0.3, 0.4) is 0 Å². The molecule has 1 nitrogen and oxygen atoms in total. The molecule has 0 saturated heterocycles. The Hall–Kier alpha value is -0.710. The molecular weight excluding hydrogens is 211 g/mol. The Morgan fingerprint density at radius 3 is 2.36 bits per heavy atom. The van der Waals surface area contributed by atoms with Gasteiger partial charge in [0.2, 0.25) is 0 Å². The molecule has 1 aliphatic rings. The lowest BCUT2D eigenvalue weighted by Crippen LogP contribution is -2.06. The van der Waals surface area contributed by atoms with Gasteiger partial charge in [-0.25, -0.2) is 0 Å². The summed E-state index contributed by atoms with van der Waals surface area (Å²) in [6, 6.07) is 0. The Kier molecular flexibility index (Phi) is 3.09. The van der Waals surface area contributed by atoms with E-state index in [1.54, 1.807) is 13.8 Å². The van der Waals surface area contributed by atoms with Crippen LogP contribution in [0.15, 0.2) is 22.1 Å². The van der Waals surface area contributed by atoms with Crippen molar-refractivity contribution < 1.29 is 13.2 Å². The molecule has 0 saturated carbocycles. The van der Waals surface area contributed by atoms with Crippen LogP contribution < -0.4 is 0 Å². The molecule has 0 aromatic carbocycles. The summed E-state index contributed by atoms with van der Waals surface area (Å²) in [5.74, 6) is 0. The molecule has 0 radical (unpaired) electrons. The van der Waals surface area contributed by atoms with Crippen molar-refractivity contribution in [3.63, 3.8) is 0 Å². The van der Waals surface area contributed by atoms with Crippen LogP contribution in [0, 0.1) is 5.41 Å². The first-order chi connectivity index (χ1) is 6.29. The number of nitrogens with one attached hydrogen (secondary N) is 1. The molecule has 0 spiro atoms. The maximum atomic E-state index is 12.0. The first-order valence-electron chi connectivity index (χ1n) is 4.01. The third-order valence-corrected chi connectivity index (χ3v) is 2.64. The van der Waals surface area contributed by atoms with Crippen LogP contribution in [0.4, 0.5) is 13.2 Å². The van der Waals surface area contributed by atoms with Gasteiger partial charge in [0.25, 0.3) is 0 Å². The summed E-state index contributed by atoms with van der Waals surface area (Å²) in [5, 5.41) is 7.67. The zero-order chi connectivity index (χ0) is 10.9. The van der Waals surface area contributed by atoms with Gasteiger partial charge in [0.05, 0.1) is 11.5 Å². The fourth-order valence-corrected chi connectivity index (χ4v) is 2.15. The zero-order valence-electron chi connectivity index (χ0n) is 7.83. The van der Waals surface area contributed by atoms with Crippen molar-refractivity contribution >= 4 is 16.8 Å². The van der Waals surface area contributed by atoms with Gasteiger partial charge in [0, 0.05) is 10.5 Å². The van der Waals surface area contributed by atoms with Crippen LogP contribution in [-0.2, 0) is 0 Å². The van der Waals surface area contributed by atoms with Crippen LogP contribution in [0.5, 0.6) is 0 Å². The lowest BCUT2D eigenvalue weighted by Gasteiger charge is -2.04. The Labute approximate surface area is 84.6 Å². The molecule has 5 heteroatoms. The van der Waals surface area contributed by atoms with E-state index in [1.807, 2.05) is 0 Å². The Morgan fingerprint density at radius 1 is 1.43 bits per heavy atom. The summed E-state index contributed by atoms with van der Waals surface area (Å²) < 4.78 is 36.1. The van der Waals surface area contributed by atoms with Crippen molar-refractivity contribution in [3.05, 3.63) is 22.1 Å². The number of halogens is 3. The summed E-state index contributed by atoms with van der Waals surface area (Å²) in [5.41, 5.74) is 1.49. The minimum absolute atomic E-state index is 0.207. The molecule has 0 bridgehead atoms. The maximum Gasteiger partial charge on any atom is 0.393 e. The van der Waals surface area contributed by atoms with Gasteiger partial charge >= 0.3 is 6.18 Å². The maximum absolute atomic E-state index is 12.0. The summed E-state index contributed by atoms with van der Waals surface area (Å²) in [7, 11) is 0. The average Bonchev–Trinajstić information content (AvgIpc) is 2.26. The van der Waals surface area contributed by atoms with E-state index in [4.69, 9.17) is 5.41 Å². The molecular formula is C9H10F3NS. The molecule has 0 aliphatic carbocycles. The van der Waals surface area contributed by atoms with Gasteiger partial charge in [-0.1, -0.05) is 17.3 Å². The third kappa shape index (κ3) is 2.90. The lowest BCUT2D eigenvalue weighted by molar-refractivity contribution is -0.125. The van der Waals surface area contributed by atoms with Crippen molar-refractivity contribution in [1.29, 1.82) is 5.41 Å². The van der Waals surface area contributed by atoms with Crippen LogP contribution in [0.2, 0.25) is 0 Å². The van der Waals surface area contributed by atoms with Crippen LogP contribution >= 0.6 is 11.8 Å². The predicted molar refractivity (Wildman–Crippen MR) is 52.4 cm³/mol. The Bertz CT molecular complexity index is 321. The fraction of sp³-hybridized carbons (Fsp3) is 0.444. The van der Waals surface area contributed by atoms with E-state index in [1.165, 1.54) is 6.08 Å². The van der Waals surface area contributed by atoms with Crippen molar-refractivity contribution in [2.45, 2.75) is 26.4 Å². The van der Waals surface area contributed by atoms with E-state index < -0.39 is 12.6 Å². The number of hydrogen-bond acceptors (Lipinski definition) is 2. The van der Waals surface area contributed by atoms with Crippen LogP contribution in [0.25, 0.3) is 0 Å². The van der Waals surface area contributed by atoms with Gasteiger partial charge in [0.15, 0.2) is 0 Å². The van der Waals surface area contributed by atoms with Gasteiger partial charge in [-0.2, -0.15) is 13.2 Å². The average molecular weight is 221 g/mol. The Balaban J connectivity index is 2.83. The first kappa shape index (κ1) is 11.4. The number of thioether (sulfide) groups is 1. The number of rotatable bonds is 1. The number of alkyl halides is 3. The zero-order valence-corrected chi connectivity index (χ0v) is 8.64. The van der Waals surface area contributed by atoms with E-state index in [9.17, 15) is 13.2 Å². The monoisotopic (exact) mass is 221 g/mol. The topological polar surface area (TPSA) is 23.9 Å². The minimum Gasteiger partial charge on any atom is -0.293 e. The van der Waals surface area contributed by atoms with E-state index in [-0.39, 0.29) is 9.95 Å². The van der Waals surface area contributed by atoms with E-state index >= 15 is 0 Å². The van der Waals surface area contributed by atoms with Gasteiger partial charge < -0.3 is 0 Å². The molecule has 1 rings (SSSR count). The molecule has 0 amide bonds. The minimum atomic E-state index is -4.18. The van der Waals surface area contributed by atoms with Gasteiger partial charge in [-0.05, 0) is 19.9 Å². The predicted octanol–water partition coefficient (Wildman–Crippen LogP) is 3.88. The second kappa shape index (κ2) is 3.81. The summed E-state index contributed by atoms with van der Waals surface area (Å²) in [6.45, 7) is 3.58. The smallest absolute Gasteiger partial charge is 0.293 e. The second-order valence-corrected chi connectivity index (χ2v) is 4.38. The van der Waals surface area contributed by atoms with E-state index in [2.05, 4.69) is 0 Å². The normalized spacial score (nSPS) is 17.4. The SMILES string of the molecule is CC(C)=C1C=C(CC(F)(F)F)SC1=N. The summed E-state index contributed by atoms with van der Waals surface area (Å²) in [6.07, 6.45) is -3.66. The third-order valence-electron chi connectivity index (χ3n) is 1.70. The van der Waals surface area contributed by atoms with Crippen molar-refractivity contribution in [2.24, 2.45) is 0 Å². The van der Waals surface area contributed by atoms with Crippen molar-refractivity contribution in [3.8, 4) is 0 Å². The fourth-order valence-electron chi connectivity index (χ4n) is 1.10. The second-order valence-electron chi connectivity index (χ2n) is 3.25. The van der Waals surface area contributed by atoms with E-state index in [0.717, 1.165) is 17.3 Å². The highest BCUT2D eigenvalue weighted by atomic mass is 32.2. The molecule has 1 aliphatic heterocycles. The number of allylic oxidation sites excluding steroid dienone is 3. The van der Waals surface area contributed by atoms with Gasteiger partial charge in [0.1, 0.15) is 0 Å². The van der Waals surface area contributed by atoms with Crippen molar-refractivity contribution in [2.75, 3.05) is 0 Å². The largest absolute Gasteiger partial charge is 0.393 e. The van der Waals surface area contributed by atoms with Gasteiger partial charge in [-0.3, -0.25) is 5.41 Å². The quantitative estimate of drug-likeness (QED) is 0.713. The standard InChI is InChI=1S/C9H10F3NS/c1-5(2)7-3-6(14-8(7)13)4-9(10,11)12/h3,13H,4H2,1-2H3. The molecule has 0 atom stereocenters. The molecule has 1 N–H and O–H groups in total. The Morgan fingerprint density at radius 2 is 2.00 bits per heavy atom. The lowest BCUT2D eigenvalue weighted by atomic mass is 10.1. The molecule has 14 heavy (non-hydrogen) atoms. The number of hydrogen-bond donors (Lipinski definition) is 1. The molecule has 0 fully saturated rings. The molecule has 78 valence electrons. The summed E-state index contributed by atoms with van der Waals surface area (Å²) in [4.78, 5) is 0.207. The van der Waals surface area contributed by atoms with Gasteiger partial charge in [-0.15, -0.1) is 0 Å². The van der Waals surface area contributed by atoms with Crippen LogP contribution in [0.1, 0.15) is 20.3 Å². The van der Waals surface area contributed by atoms with Crippen molar-refractivity contribution in [1.82, 2.24) is 0 Å². The summed E-state index contributed by atoms with van der Waals surface area (Å²) >= 11 is 0.895. The highest BCUT2D eigenvalue weighted by Crippen LogP contribution is 2.39. The van der Waals surface area contributed by atoms with E-state index in [0.29, 0.717) is 5.57 Å². The molecule has 0 aromatic rings. The molecule has 0 aromatic heterocycles.